The number of hydrogen-bond donors (Lipinski definition) is 1. The highest BCUT2D eigenvalue weighted by Gasteiger charge is 2.35. The number of nitriles is 1. The largest absolute Gasteiger partial charge is 0.337 e. The van der Waals surface area contributed by atoms with Gasteiger partial charge in [0.05, 0.1) is 22.9 Å². The fourth-order valence-electron chi connectivity index (χ4n) is 4.27. The number of rotatable bonds is 6. The zero-order valence-electron chi connectivity index (χ0n) is 17.0. The number of aromatic nitrogens is 2. The van der Waals surface area contributed by atoms with Crippen molar-refractivity contribution >= 4 is 39.2 Å². The van der Waals surface area contributed by atoms with E-state index in [0.29, 0.717) is 29.3 Å². The summed E-state index contributed by atoms with van der Waals surface area (Å²) in [6.07, 6.45) is 5.53. The summed E-state index contributed by atoms with van der Waals surface area (Å²) in [5, 5.41) is 15.7. The summed E-state index contributed by atoms with van der Waals surface area (Å²) < 4.78 is 1.62. The molecular formula is C23H22N4O2S2. The lowest BCUT2D eigenvalue weighted by Crippen LogP contribution is -2.45. The lowest BCUT2D eigenvalue weighted by Gasteiger charge is -2.22. The first-order valence-electron chi connectivity index (χ1n) is 10.5. The predicted molar refractivity (Wildman–Crippen MR) is 123 cm³/mol. The molecule has 0 spiro atoms. The van der Waals surface area contributed by atoms with Gasteiger partial charge < -0.3 is 5.32 Å². The number of fused-ring (bicyclic) bond motifs is 1. The number of hydrogen-bond acceptors (Lipinski definition) is 6. The summed E-state index contributed by atoms with van der Waals surface area (Å²) in [7, 11) is 0. The molecule has 158 valence electrons. The SMILES string of the molecule is N#CC1(NC(=O)CSc2nc3scc(C4CC4)c3c(=O)n2-c2ccccc2)CCCC1. The Kier molecular flexibility index (Phi) is 5.32. The second kappa shape index (κ2) is 8.13. The molecule has 0 radical (unpaired) electrons. The highest BCUT2D eigenvalue weighted by molar-refractivity contribution is 7.99. The predicted octanol–water partition coefficient (Wildman–Crippen LogP) is 4.37. The van der Waals surface area contributed by atoms with Crippen LogP contribution in [0, 0.1) is 11.3 Å². The summed E-state index contributed by atoms with van der Waals surface area (Å²) in [4.78, 5) is 31.7. The van der Waals surface area contributed by atoms with E-state index >= 15 is 0 Å². The van der Waals surface area contributed by atoms with E-state index in [9.17, 15) is 14.9 Å². The fourth-order valence-corrected chi connectivity index (χ4v) is 6.14. The highest BCUT2D eigenvalue weighted by atomic mass is 32.2. The van der Waals surface area contributed by atoms with Crippen LogP contribution in [0.3, 0.4) is 0 Å². The van der Waals surface area contributed by atoms with Gasteiger partial charge in [-0.25, -0.2) is 4.98 Å². The molecule has 2 aromatic heterocycles. The Balaban J connectivity index is 1.48. The van der Waals surface area contributed by atoms with Gasteiger partial charge in [0.1, 0.15) is 10.4 Å². The average Bonchev–Trinajstić information content (AvgIpc) is 3.37. The van der Waals surface area contributed by atoms with Crippen LogP contribution in [-0.2, 0) is 4.79 Å². The van der Waals surface area contributed by atoms with Gasteiger partial charge in [0, 0.05) is 0 Å². The standard InChI is InChI=1S/C23H22N4O2S2/c24-14-23(10-4-5-11-23)26-18(28)13-31-22-25-20-19(17(12-30-20)15-8-9-15)21(29)27(22)16-6-2-1-3-7-16/h1-3,6-7,12,15H,4-5,8-11,13H2,(H,26,28). The Bertz CT molecular complexity index is 1230. The molecule has 2 saturated carbocycles. The molecule has 1 amide bonds. The first-order chi connectivity index (χ1) is 15.1. The van der Waals surface area contributed by atoms with Crippen LogP contribution < -0.4 is 10.9 Å². The third kappa shape index (κ3) is 3.88. The van der Waals surface area contributed by atoms with Crippen molar-refractivity contribution in [2.45, 2.75) is 55.1 Å². The molecule has 2 aliphatic rings. The van der Waals surface area contributed by atoms with Gasteiger partial charge in [-0.2, -0.15) is 5.26 Å². The maximum absolute atomic E-state index is 13.6. The van der Waals surface area contributed by atoms with Crippen molar-refractivity contribution in [3.05, 3.63) is 51.6 Å². The van der Waals surface area contributed by atoms with Gasteiger partial charge in [0.15, 0.2) is 5.16 Å². The molecule has 1 N–H and O–H groups in total. The number of amides is 1. The van der Waals surface area contributed by atoms with E-state index in [1.807, 2.05) is 30.3 Å². The lowest BCUT2D eigenvalue weighted by molar-refractivity contribution is -0.119. The van der Waals surface area contributed by atoms with Crippen LogP contribution in [0.4, 0.5) is 0 Å². The first kappa shape index (κ1) is 20.3. The molecular weight excluding hydrogens is 428 g/mol. The maximum Gasteiger partial charge on any atom is 0.267 e. The van der Waals surface area contributed by atoms with Crippen LogP contribution in [0.1, 0.15) is 50.0 Å². The maximum atomic E-state index is 13.6. The Hall–Kier alpha value is -2.63. The molecule has 5 rings (SSSR count). The van der Waals surface area contributed by atoms with E-state index in [4.69, 9.17) is 4.98 Å². The molecule has 0 unspecified atom stereocenters. The number of nitrogens with one attached hydrogen (secondary N) is 1. The van der Waals surface area contributed by atoms with Crippen molar-refractivity contribution in [1.29, 1.82) is 5.26 Å². The molecule has 3 aromatic rings. The number of benzene rings is 1. The molecule has 1 aromatic carbocycles. The normalized spacial score (nSPS) is 17.5. The second-order valence-corrected chi connectivity index (χ2v) is 10.1. The van der Waals surface area contributed by atoms with Gasteiger partial charge in [-0.1, -0.05) is 30.0 Å². The third-order valence-electron chi connectivity index (χ3n) is 6.02. The minimum Gasteiger partial charge on any atom is -0.337 e. The summed E-state index contributed by atoms with van der Waals surface area (Å²) >= 11 is 2.74. The topological polar surface area (TPSA) is 87.8 Å². The van der Waals surface area contributed by atoms with Crippen LogP contribution in [0.5, 0.6) is 0 Å². The number of para-hydroxylation sites is 1. The van der Waals surface area contributed by atoms with Crippen molar-refractivity contribution in [2.75, 3.05) is 5.75 Å². The minimum absolute atomic E-state index is 0.0773. The molecule has 0 aliphatic heterocycles. The quantitative estimate of drug-likeness (QED) is 0.445. The Morgan fingerprint density at radius 1 is 1.29 bits per heavy atom. The van der Waals surface area contributed by atoms with E-state index in [1.54, 1.807) is 4.57 Å². The molecule has 0 atom stereocenters. The van der Waals surface area contributed by atoms with Crippen molar-refractivity contribution in [1.82, 2.24) is 14.9 Å². The van der Waals surface area contributed by atoms with Gasteiger partial charge in [-0.15, -0.1) is 11.3 Å². The van der Waals surface area contributed by atoms with Crippen LogP contribution in [0.2, 0.25) is 0 Å². The average molecular weight is 451 g/mol. The molecule has 31 heavy (non-hydrogen) atoms. The van der Waals surface area contributed by atoms with Crippen molar-refractivity contribution in [3.63, 3.8) is 0 Å². The number of nitrogens with zero attached hydrogens (tertiary/aromatic N) is 3. The van der Waals surface area contributed by atoms with Gasteiger partial charge >= 0.3 is 0 Å². The monoisotopic (exact) mass is 450 g/mol. The van der Waals surface area contributed by atoms with Crippen molar-refractivity contribution in [3.8, 4) is 11.8 Å². The number of carbonyl (C=O) groups excluding carboxylic acids is 1. The smallest absolute Gasteiger partial charge is 0.267 e. The van der Waals surface area contributed by atoms with E-state index in [2.05, 4.69) is 16.8 Å². The van der Waals surface area contributed by atoms with Crippen molar-refractivity contribution in [2.24, 2.45) is 0 Å². The van der Waals surface area contributed by atoms with E-state index in [-0.39, 0.29) is 17.2 Å². The molecule has 8 heteroatoms. The van der Waals surface area contributed by atoms with Gasteiger partial charge in [0.25, 0.3) is 5.56 Å². The summed E-state index contributed by atoms with van der Waals surface area (Å²) in [6, 6.07) is 11.7. The molecule has 2 aliphatic carbocycles. The van der Waals surface area contributed by atoms with Crippen LogP contribution in [0.15, 0.2) is 45.7 Å². The Morgan fingerprint density at radius 2 is 2.03 bits per heavy atom. The Labute approximate surface area is 188 Å². The molecule has 6 nitrogen and oxygen atoms in total. The number of carbonyl (C=O) groups is 1. The van der Waals surface area contributed by atoms with Crippen molar-refractivity contribution < 1.29 is 4.79 Å². The zero-order chi connectivity index (χ0) is 21.4. The van der Waals surface area contributed by atoms with E-state index < -0.39 is 5.54 Å². The Morgan fingerprint density at radius 3 is 2.71 bits per heavy atom. The van der Waals surface area contributed by atoms with Crippen LogP contribution >= 0.6 is 23.1 Å². The second-order valence-electron chi connectivity index (χ2n) is 8.25. The highest BCUT2D eigenvalue weighted by Crippen LogP contribution is 2.44. The molecule has 2 fully saturated rings. The summed E-state index contributed by atoms with van der Waals surface area (Å²) in [6.45, 7) is 0. The lowest BCUT2D eigenvalue weighted by atomic mass is 10.0. The van der Waals surface area contributed by atoms with Crippen LogP contribution in [0.25, 0.3) is 15.9 Å². The zero-order valence-corrected chi connectivity index (χ0v) is 18.6. The summed E-state index contributed by atoms with van der Waals surface area (Å²) in [5.41, 5.74) is 1.02. The first-order valence-corrected chi connectivity index (χ1v) is 12.4. The third-order valence-corrected chi connectivity index (χ3v) is 7.85. The molecule has 0 saturated heterocycles. The van der Waals surface area contributed by atoms with E-state index in [0.717, 1.165) is 41.8 Å². The van der Waals surface area contributed by atoms with Gasteiger partial charge in [-0.05, 0) is 67.5 Å². The molecule has 0 bridgehead atoms. The number of thiophene rings is 1. The van der Waals surface area contributed by atoms with Gasteiger partial charge in [0.2, 0.25) is 5.91 Å². The minimum atomic E-state index is -0.749. The fraction of sp³-hybridized carbons (Fsp3) is 0.391. The molecule has 2 heterocycles. The van der Waals surface area contributed by atoms with Gasteiger partial charge in [-0.3, -0.25) is 14.2 Å². The van der Waals surface area contributed by atoms with Crippen LogP contribution in [-0.4, -0.2) is 26.8 Å². The van der Waals surface area contributed by atoms with E-state index in [1.165, 1.54) is 23.1 Å². The summed E-state index contributed by atoms with van der Waals surface area (Å²) in [5.74, 6) is 0.368. The number of thioether (sulfide) groups is 1.